The maximum atomic E-state index is 12.1. The average molecular weight is 377 g/mol. The number of unbranched alkanes of at least 4 members (excludes halogenated alkanes) is 1. The van der Waals surface area contributed by atoms with Gasteiger partial charge in [-0.25, -0.2) is 4.98 Å². The van der Waals surface area contributed by atoms with Gasteiger partial charge in [0, 0.05) is 5.92 Å². The van der Waals surface area contributed by atoms with Crippen LogP contribution in [0.1, 0.15) is 36.4 Å². The number of para-hydroxylation sites is 1. The molecule has 1 heterocycles. The minimum Gasteiger partial charge on any atom is -0.494 e. The lowest BCUT2D eigenvalue weighted by Crippen LogP contribution is -2.04. The Morgan fingerprint density at radius 3 is 2.50 bits per heavy atom. The SMILES string of the molecule is O=C(c1ncco1)[C@@H]1C[C@H]1CCCCOc1ccc(Oc2ccccc2)cc1. The molecule has 144 valence electrons. The number of benzene rings is 2. The Hall–Kier alpha value is -3.08. The minimum absolute atomic E-state index is 0.0454. The van der Waals surface area contributed by atoms with E-state index in [1.54, 1.807) is 0 Å². The molecule has 5 heteroatoms. The van der Waals surface area contributed by atoms with Crippen LogP contribution in [0.15, 0.2) is 71.5 Å². The van der Waals surface area contributed by atoms with Gasteiger partial charge in [0.2, 0.25) is 5.78 Å². The normalized spacial score (nSPS) is 17.9. The van der Waals surface area contributed by atoms with Crippen molar-refractivity contribution in [1.29, 1.82) is 0 Å². The largest absolute Gasteiger partial charge is 0.494 e. The summed E-state index contributed by atoms with van der Waals surface area (Å²) in [6.07, 6.45) is 6.98. The highest BCUT2D eigenvalue weighted by Crippen LogP contribution is 2.44. The van der Waals surface area contributed by atoms with Crippen LogP contribution in [0.4, 0.5) is 0 Å². The summed E-state index contributed by atoms with van der Waals surface area (Å²) >= 11 is 0. The molecule has 0 saturated heterocycles. The number of ether oxygens (including phenoxy) is 2. The number of carbonyl (C=O) groups is 1. The van der Waals surface area contributed by atoms with Gasteiger partial charge >= 0.3 is 0 Å². The fourth-order valence-electron chi connectivity index (χ4n) is 3.32. The fraction of sp³-hybridized carbons (Fsp3) is 0.304. The van der Waals surface area contributed by atoms with Gasteiger partial charge in [-0.15, -0.1) is 0 Å². The van der Waals surface area contributed by atoms with Crippen LogP contribution in [-0.4, -0.2) is 17.4 Å². The Balaban J connectivity index is 1.12. The molecule has 0 N–H and O–H groups in total. The van der Waals surface area contributed by atoms with Crippen molar-refractivity contribution in [2.24, 2.45) is 11.8 Å². The van der Waals surface area contributed by atoms with E-state index >= 15 is 0 Å². The molecule has 3 aromatic rings. The maximum Gasteiger partial charge on any atom is 0.263 e. The monoisotopic (exact) mass is 377 g/mol. The molecule has 0 unspecified atom stereocenters. The third kappa shape index (κ3) is 4.80. The molecule has 1 aliphatic rings. The van der Waals surface area contributed by atoms with E-state index in [-0.39, 0.29) is 17.6 Å². The van der Waals surface area contributed by atoms with Crippen molar-refractivity contribution in [2.45, 2.75) is 25.7 Å². The summed E-state index contributed by atoms with van der Waals surface area (Å²) in [6.45, 7) is 0.671. The van der Waals surface area contributed by atoms with E-state index in [1.165, 1.54) is 12.5 Å². The minimum atomic E-state index is 0.0454. The second-order valence-corrected chi connectivity index (χ2v) is 7.03. The summed E-state index contributed by atoms with van der Waals surface area (Å²) in [5.74, 6) is 3.29. The van der Waals surface area contributed by atoms with Crippen molar-refractivity contribution in [3.63, 3.8) is 0 Å². The molecule has 0 bridgehead atoms. The highest BCUT2D eigenvalue weighted by molar-refractivity contribution is 5.95. The van der Waals surface area contributed by atoms with Gasteiger partial charge in [-0.05, 0) is 68.0 Å². The quantitative estimate of drug-likeness (QED) is 0.343. The summed E-state index contributed by atoms with van der Waals surface area (Å²) in [5, 5.41) is 0. The standard InChI is InChI=1S/C23H23NO4/c25-22(23-24-13-15-27-23)21-16-17(21)6-4-5-14-26-18-9-11-20(12-10-18)28-19-7-2-1-3-8-19/h1-3,7-13,15,17,21H,4-6,14,16H2/t17-,21-/m1/s1. The first-order chi connectivity index (χ1) is 13.8. The molecule has 5 nitrogen and oxygen atoms in total. The molecule has 28 heavy (non-hydrogen) atoms. The fourth-order valence-corrected chi connectivity index (χ4v) is 3.32. The van der Waals surface area contributed by atoms with Crippen LogP contribution in [0.5, 0.6) is 17.2 Å². The van der Waals surface area contributed by atoms with Crippen molar-refractivity contribution in [3.05, 3.63) is 72.9 Å². The molecular formula is C23H23NO4. The summed E-state index contributed by atoms with van der Waals surface area (Å²) in [5.41, 5.74) is 0. The average Bonchev–Trinajstić information content (AvgIpc) is 3.28. The van der Waals surface area contributed by atoms with Gasteiger partial charge in [0.1, 0.15) is 23.5 Å². The van der Waals surface area contributed by atoms with Crippen molar-refractivity contribution >= 4 is 5.78 Å². The first-order valence-electron chi connectivity index (χ1n) is 9.69. The highest BCUT2D eigenvalue weighted by Gasteiger charge is 2.43. The third-order valence-electron chi connectivity index (χ3n) is 4.94. The van der Waals surface area contributed by atoms with E-state index in [0.29, 0.717) is 12.5 Å². The Bertz CT molecular complexity index is 875. The maximum absolute atomic E-state index is 12.1. The van der Waals surface area contributed by atoms with Crippen LogP contribution < -0.4 is 9.47 Å². The molecule has 1 aliphatic carbocycles. The van der Waals surface area contributed by atoms with Crippen molar-refractivity contribution in [1.82, 2.24) is 4.98 Å². The number of hydrogen-bond donors (Lipinski definition) is 0. The lowest BCUT2D eigenvalue weighted by Gasteiger charge is -2.08. The molecule has 0 amide bonds. The first kappa shape index (κ1) is 18.3. The van der Waals surface area contributed by atoms with Crippen LogP contribution in [-0.2, 0) is 0 Å². The highest BCUT2D eigenvalue weighted by atomic mass is 16.5. The Labute approximate surface area is 164 Å². The zero-order valence-corrected chi connectivity index (χ0v) is 15.6. The Morgan fingerprint density at radius 1 is 1.00 bits per heavy atom. The van der Waals surface area contributed by atoms with E-state index in [1.807, 2.05) is 54.6 Å². The van der Waals surface area contributed by atoms with Gasteiger partial charge in [-0.3, -0.25) is 4.79 Å². The summed E-state index contributed by atoms with van der Waals surface area (Å²) in [4.78, 5) is 16.0. The molecule has 1 saturated carbocycles. The van der Waals surface area contributed by atoms with Gasteiger partial charge in [0.15, 0.2) is 0 Å². The van der Waals surface area contributed by atoms with Crippen LogP contribution in [0.2, 0.25) is 0 Å². The number of aromatic nitrogens is 1. The van der Waals surface area contributed by atoms with Crippen molar-refractivity contribution in [3.8, 4) is 17.2 Å². The van der Waals surface area contributed by atoms with Gasteiger partial charge in [-0.2, -0.15) is 0 Å². The molecule has 2 atom stereocenters. The second kappa shape index (κ2) is 8.74. The second-order valence-electron chi connectivity index (χ2n) is 7.03. The number of nitrogens with zero attached hydrogens (tertiary/aromatic N) is 1. The Kier molecular flexibility index (Phi) is 5.71. The predicted octanol–water partition coefficient (Wildman–Crippen LogP) is 5.54. The number of rotatable bonds is 10. The van der Waals surface area contributed by atoms with E-state index in [9.17, 15) is 4.79 Å². The van der Waals surface area contributed by atoms with Crippen LogP contribution in [0, 0.1) is 11.8 Å². The topological polar surface area (TPSA) is 61.6 Å². The number of oxazole rings is 1. The molecule has 1 aromatic heterocycles. The summed E-state index contributed by atoms with van der Waals surface area (Å²) in [6, 6.07) is 17.4. The lowest BCUT2D eigenvalue weighted by molar-refractivity contribution is 0.0926. The van der Waals surface area contributed by atoms with Crippen molar-refractivity contribution in [2.75, 3.05) is 6.61 Å². The van der Waals surface area contributed by atoms with E-state index < -0.39 is 0 Å². The van der Waals surface area contributed by atoms with Gasteiger partial charge < -0.3 is 13.9 Å². The van der Waals surface area contributed by atoms with Crippen LogP contribution in [0.3, 0.4) is 0 Å². The van der Waals surface area contributed by atoms with Gasteiger partial charge in [0.05, 0.1) is 12.8 Å². The molecular weight excluding hydrogens is 354 g/mol. The number of hydrogen-bond acceptors (Lipinski definition) is 5. The van der Waals surface area contributed by atoms with E-state index in [0.717, 1.165) is 42.9 Å². The zero-order valence-electron chi connectivity index (χ0n) is 15.6. The number of ketones is 1. The van der Waals surface area contributed by atoms with Gasteiger partial charge in [0.25, 0.3) is 5.89 Å². The van der Waals surface area contributed by atoms with Crippen LogP contribution >= 0.6 is 0 Å². The van der Waals surface area contributed by atoms with Crippen LogP contribution in [0.25, 0.3) is 0 Å². The Morgan fingerprint density at radius 2 is 1.75 bits per heavy atom. The first-order valence-corrected chi connectivity index (χ1v) is 9.69. The van der Waals surface area contributed by atoms with E-state index in [4.69, 9.17) is 13.9 Å². The molecule has 1 fully saturated rings. The number of carbonyl (C=O) groups excluding carboxylic acids is 1. The predicted molar refractivity (Wildman–Crippen MR) is 105 cm³/mol. The molecule has 4 rings (SSSR count). The molecule has 0 spiro atoms. The van der Waals surface area contributed by atoms with E-state index in [2.05, 4.69) is 4.98 Å². The smallest absolute Gasteiger partial charge is 0.263 e. The van der Waals surface area contributed by atoms with Crippen molar-refractivity contribution < 1.29 is 18.7 Å². The molecule has 0 aliphatic heterocycles. The number of Topliss-reactive ketones (excluding diaryl/α,β-unsaturated/α-hetero) is 1. The zero-order chi connectivity index (χ0) is 19.2. The third-order valence-corrected chi connectivity index (χ3v) is 4.94. The summed E-state index contributed by atoms with van der Waals surface area (Å²) < 4.78 is 16.7. The molecule has 0 radical (unpaired) electrons. The molecule has 2 aromatic carbocycles. The summed E-state index contributed by atoms with van der Waals surface area (Å²) in [7, 11) is 0. The van der Waals surface area contributed by atoms with Gasteiger partial charge in [-0.1, -0.05) is 18.2 Å². The lowest BCUT2D eigenvalue weighted by atomic mass is 10.1.